The van der Waals surface area contributed by atoms with Gasteiger partial charge in [0.15, 0.2) is 0 Å². The van der Waals surface area contributed by atoms with E-state index in [2.05, 4.69) is 0 Å². The van der Waals surface area contributed by atoms with Gasteiger partial charge in [-0.15, -0.1) is 0 Å². The van der Waals surface area contributed by atoms with Gasteiger partial charge in [-0.05, 0) is 6.92 Å². The van der Waals surface area contributed by atoms with Gasteiger partial charge in [0.2, 0.25) is 0 Å². The fraction of sp³-hybridized carbons (Fsp3) is 0.200. The summed E-state index contributed by atoms with van der Waals surface area (Å²) in [4.78, 5) is 0.275. The lowest BCUT2D eigenvalue weighted by Crippen LogP contribution is -1.92. The van der Waals surface area contributed by atoms with Crippen molar-refractivity contribution in [1.29, 1.82) is 10.5 Å². The molecule has 0 rings (SSSR count). The third-order valence-corrected chi connectivity index (χ3v) is 1.32. The molecule has 0 atom stereocenters. The molecular formula is C5H5N3S. The molecule has 0 unspecified atom stereocenters. The second-order valence-electron chi connectivity index (χ2n) is 1.32. The molecule has 0 aromatic heterocycles. The molecule has 9 heavy (non-hydrogen) atoms. The van der Waals surface area contributed by atoms with E-state index >= 15 is 0 Å². The molecular weight excluding hydrogens is 134 g/mol. The Bertz CT molecular complexity index is 201. The first kappa shape index (κ1) is 7.87. The minimum atomic E-state index is 0.275. The highest BCUT2D eigenvalue weighted by Gasteiger charge is 1.96. The molecule has 0 heterocycles. The minimum Gasteiger partial charge on any atom is -0.401 e. The van der Waals surface area contributed by atoms with Crippen LogP contribution in [0.4, 0.5) is 0 Å². The van der Waals surface area contributed by atoms with Gasteiger partial charge in [-0.3, -0.25) is 0 Å². The molecule has 0 fully saturated rings. The zero-order valence-electron chi connectivity index (χ0n) is 4.88. The molecule has 3 nitrogen and oxygen atoms in total. The van der Waals surface area contributed by atoms with Gasteiger partial charge in [-0.1, -0.05) is 0 Å². The van der Waals surface area contributed by atoms with Crippen molar-refractivity contribution in [2.45, 2.75) is 6.92 Å². The molecule has 0 aliphatic rings. The standard InChI is InChI=1S/C5H5N3S/c1-4(8)5(2-6)9-3-7/h8H2,1H3. The van der Waals surface area contributed by atoms with Gasteiger partial charge in [0.25, 0.3) is 0 Å². The SMILES string of the molecule is CC(N)=C(C#N)SC#N. The zero-order chi connectivity index (χ0) is 7.28. The lowest BCUT2D eigenvalue weighted by molar-refractivity contribution is 1.30. The van der Waals surface area contributed by atoms with E-state index in [1.54, 1.807) is 18.4 Å². The third kappa shape index (κ3) is 2.63. The van der Waals surface area contributed by atoms with Gasteiger partial charge >= 0.3 is 0 Å². The van der Waals surface area contributed by atoms with Gasteiger partial charge in [0.05, 0.1) is 0 Å². The Balaban J connectivity index is 4.26. The lowest BCUT2D eigenvalue weighted by Gasteiger charge is -1.89. The average molecular weight is 139 g/mol. The topological polar surface area (TPSA) is 73.6 Å². The summed E-state index contributed by atoms with van der Waals surface area (Å²) >= 11 is 0.784. The van der Waals surface area contributed by atoms with Crippen molar-refractivity contribution >= 4 is 11.8 Å². The second kappa shape index (κ2) is 3.82. The van der Waals surface area contributed by atoms with Crippen LogP contribution in [-0.4, -0.2) is 0 Å². The van der Waals surface area contributed by atoms with Gasteiger partial charge in [0, 0.05) is 17.5 Å². The number of thiocyanates is 1. The predicted octanol–water partition coefficient (Wildman–Crippen LogP) is 0.914. The maximum atomic E-state index is 8.27. The molecule has 0 aromatic carbocycles. The minimum absolute atomic E-state index is 0.275. The van der Waals surface area contributed by atoms with Crippen LogP contribution in [0.1, 0.15) is 6.92 Å². The fourth-order valence-electron chi connectivity index (χ4n) is 0.237. The molecule has 0 aliphatic carbocycles. The van der Waals surface area contributed by atoms with E-state index < -0.39 is 0 Å². The highest BCUT2D eigenvalue weighted by Crippen LogP contribution is 2.13. The first-order valence-electron chi connectivity index (χ1n) is 2.14. The van der Waals surface area contributed by atoms with Gasteiger partial charge in [-0.2, -0.15) is 10.5 Å². The number of rotatable bonds is 1. The highest BCUT2D eigenvalue weighted by atomic mass is 32.2. The van der Waals surface area contributed by atoms with Crippen molar-refractivity contribution in [2.75, 3.05) is 0 Å². The normalized spacial score (nSPS) is 11.0. The zero-order valence-corrected chi connectivity index (χ0v) is 5.70. The van der Waals surface area contributed by atoms with Gasteiger partial charge < -0.3 is 5.73 Å². The Hall–Kier alpha value is -1.13. The van der Waals surface area contributed by atoms with Crippen molar-refractivity contribution in [3.63, 3.8) is 0 Å². The number of nitrogens with two attached hydrogens (primary N) is 1. The van der Waals surface area contributed by atoms with Crippen LogP contribution in [0, 0.1) is 22.0 Å². The van der Waals surface area contributed by atoms with Crippen LogP contribution >= 0.6 is 11.8 Å². The van der Waals surface area contributed by atoms with Gasteiger partial charge in [0.1, 0.15) is 16.4 Å². The van der Waals surface area contributed by atoms with E-state index in [0.29, 0.717) is 5.70 Å². The number of nitrogens with zero attached hydrogens (tertiary/aromatic N) is 2. The molecule has 0 saturated heterocycles. The molecule has 0 radical (unpaired) electrons. The number of allylic oxidation sites excluding steroid dienone is 2. The number of thioether (sulfide) groups is 1. The Kier molecular flexibility index (Phi) is 3.34. The predicted molar refractivity (Wildman–Crippen MR) is 35.7 cm³/mol. The average Bonchev–Trinajstić information content (AvgIpc) is 1.82. The summed E-state index contributed by atoms with van der Waals surface area (Å²) in [6.07, 6.45) is 0. The Morgan fingerprint density at radius 2 is 2.11 bits per heavy atom. The quantitative estimate of drug-likeness (QED) is 0.433. The molecule has 4 heteroatoms. The maximum absolute atomic E-state index is 8.27. The van der Waals surface area contributed by atoms with E-state index in [0.717, 1.165) is 11.8 Å². The number of nitriles is 2. The fourth-order valence-corrected chi connectivity index (χ4v) is 0.535. The molecule has 0 spiro atoms. The van der Waals surface area contributed by atoms with E-state index in [-0.39, 0.29) is 4.91 Å². The Labute approximate surface area is 57.8 Å². The Morgan fingerprint density at radius 3 is 2.22 bits per heavy atom. The molecule has 2 N–H and O–H groups in total. The second-order valence-corrected chi connectivity index (χ2v) is 2.11. The summed E-state index contributed by atoms with van der Waals surface area (Å²) in [5.41, 5.74) is 5.61. The maximum Gasteiger partial charge on any atom is 0.139 e. The first-order chi connectivity index (χ1) is 4.22. The summed E-state index contributed by atoms with van der Waals surface area (Å²) in [5.74, 6) is 0. The van der Waals surface area contributed by atoms with Crippen LogP contribution in [0.2, 0.25) is 0 Å². The summed E-state index contributed by atoms with van der Waals surface area (Å²) in [7, 11) is 0. The largest absolute Gasteiger partial charge is 0.401 e. The van der Waals surface area contributed by atoms with Crippen LogP contribution < -0.4 is 5.73 Å². The van der Waals surface area contributed by atoms with Crippen LogP contribution in [0.5, 0.6) is 0 Å². The monoisotopic (exact) mass is 139 g/mol. The first-order valence-corrected chi connectivity index (χ1v) is 2.96. The number of hydrogen-bond acceptors (Lipinski definition) is 4. The highest BCUT2D eigenvalue weighted by molar-refractivity contribution is 8.07. The van der Waals surface area contributed by atoms with E-state index in [1.807, 2.05) is 0 Å². The summed E-state index contributed by atoms with van der Waals surface area (Å²) in [6.45, 7) is 1.59. The number of hydrogen-bond donors (Lipinski definition) is 1. The van der Waals surface area contributed by atoms with E-state index in [4.69, 9.17) is 16.3 Å². The molecule has 46 valence electrons. The summed E-state index contributed by atoms with van der Waals surface area (Å²) in [5, 5.41) is 18.1. The van der Waals surface area contributed by atoms with Gasteiger partial charge in [-0.25, -0.2) is 0 Å². The molecule has 0 saturated carbocycles. The van der Waals surface area contributed by atoms with Crippen molar-refractivity contribution < 1.29 is 0 Å². The van der Waals surface area contributed by atoms with Crippen molar-refractivity contribution in [2.24, 2.45) is 5.73 Å². The molecule has 0 amide bonds. The van der Waals surface area contributed by atoms with Crippen molar-refractivity contribution in [1.82, 2.24) is 0 Å². The van der Waals surface area contributed by atoms with Crippen molar-refractivity contribution in [3.05, 3.63) is 10.6 Å². The van der Waals surface area contributed by atoms with Crippen LogP contribution in [0.3, 0.4) is 0 Å². The van der Waals surface area contributed by atoms with E-state index in [9.17, 15) is 0 Å². The van der Waals surface area contributed by atoms with Crippen LogP contribution in [-0.2, 0) is 0 Å². The lowest BCUT2D eigenvalue weighted by atomic mass is 10.5. The van der Waals surface area contributed by atoms with Crippen molar-refractivity contribution in [3.8, 4) is 11.5 Å². The summed E-state index contributed by atoms with van der Waals surface area (Å²) < 4.78 is 0. The smallest absolute Gasteiger partial charge is 0.139 e. The molecule has 0 aliphatic heterocycles. The van der Waals surface area contributed by atoms with Crippen LogP contribution in [0.15, 0.2) is 10.6 Å². The van der Waals surface area contributed by atoms with Crippen LogP contribution in [0.25, 0.3) is 0 Å². The van der Waals surface area contributed by atoms with E-state index in [1.165, 1.54) is 0 Å². The summed E-state index contributed by atoms with van der Waals surface area (Å²) in [6, 6.07) is 1.80. The Morgan fingerprint density at radius 1 is 1.56 bits per heavy atom. The third-order valence-electron chi connectivity index (χ3n) is 0.607. The molecule has 0 bridgehead atoms. The molecule has 0 aromatic rings.